The van der Waals surface area contributed by atoms with E-state index in [4.69, 9.17) is 15.2 Å². The van der Waals surface area contributed by atoms with Crippen LogP contribution in [0.2, 0.25) is 0 Å². The van der Waals surface area contributed by atoms with E-state index in [2.05, 4.69) is 15.3 Å². The fourth-order valence-electron chi connectivity index (χ4n) is 3.79. The topological polar surface area (TPSA) is 99.4 Å². The van der Waals surface area contributed by atoms with Crippen molar-refractivity contribution in [2.45, 2.75) is 45.3 Å². The summed E-state index contributed by atoms with van der Waals surface area (Å²) in [6, 6.07) is 9.33. The summed E-state index contributed by atoms with van der Waals surface area (Å²) in [5.74, 6) is 1.64. The van der Waals surface area contributed by atoms with Crippen LogP contribution in [0.15, 0.2) is 36.5 Å². The van der Waals surface area contributed by atoms with E-state index >= 15 is 0 Å². The molecule has 0 saturated heterocycles. The van der Waals surface area contributed by atoms with Crippen molar-refractivity contribution in [3.63, 3.8) is 0 Å². The number of benzene rings is 1. The lowest BCUT2D eigenvalue weighted by Gasteiger charge is -2.30. The SMILES string of the molecule is COc1ccc(C(C)(C)N)c2cc(Nc3ccc4c(n3)CC(C)(C)OC4=O)ncc12. The van der Waals surface area contributed by atoms with Gasteiger partial charge in [0, 0.05) is 23.5 Å². The number of hydrogen-bond acceptors (Lipinski definition) is 7. The summed E-state index contributed by atoms with van der Waals surface area (Å²) in [6.07, 6.45) is 2.32. The van der Waals surface area contributed by atoms with Crippen LogP contribution in [0.25, 0.3) is 10.8 Å². The quantitative estimate of drug-likeness (QED) is 0.630. The van der Waals surface area contributed by atoms with Gasteiger partial charge in [-0.15, -0.1) is 0 Å². The molecule has 156 valence electrons. The van der Waals surface area contributed by atoms with Gasteiger partial charge >= 0.3 is 5.97 Å². The first kappa shape index (κ1) is 20.1. The van der Waals surface area contributed by atoms with Crippen LogP contribution in [0.5, 0.6) is 5.75 Å². The van der Waals surface area contributed by atoms with Crippen LogP contribution >= 0.6 is 0 Å². The number of fused-ring (bicyclic) bond motifs is 2. The zero-order valence-electron chi connectivity index (χ0n) is 17.9. The van der Waals surface area contributed by atoms with Gasteiger partial charge in [0.2, 0.25) is 0 Å². The number of pyridine rings is 2. The Morgan fingerprint density at radius 3 is 2.63 bits per heavy atom. The van der Waals surface area contributed by atoms with E-state index in [1.54, 1.807) is 25.4 Å². The van der Waals surface area contributed by atoms with Crippen LogP contribution in [0.3, 0.4) is 0 Å². The number of ether oxygens (including phenoxy) is 2. The minimum atomic E-state index is -0.574. The van der Waals surface area contributed by atoms with Gasteiger partial charge in [-0.05, 0) is 62.9 Å². The number of rotatable bonds is 4. The molecule has 1 aliphatic heterocycles. The van der Waals surface area contributed by atoms with Crippen molar-refractivity contribution in [1.82, 2.24) is 9.97 Å². The first-order valence-electron chi connectivity index (χ1n) is 9.84. The van der Waals surface area contributed by atoms with Crippen molar-refractivity contribution >= 4 is 28.4 Å². The standard InChI is InChI=1S/C23H26N4O3/c1-22(2)11-17-13(21(28)30-22)6-9-19(26-17)27-20-10-14-15(12-25-20)18(29-5)8-7-16(14)23(3,4)24/h6-10,12H,11,24H2,1-5H3,(H,25,26,27). The highest BCUT2D eigenvalue weighted by Crippen LogP contribution is 2.34. The van der Waals surface area contributed by atoms with E-state index in [-0.39, 0.29) is 5.97 Å². The zero-order valence-corrected chi connectivity index (χ0v) is 17.9. The summed E-state index contributed by atoms with van der Waals surface area (Å²) in [5.41, 5.74) is 7.50. The Bertz CT molecular complexity index is 1150. The summed E-state index contributed by atoms with van der Waals surface area (Å²) in [5, 5.41) is 5.10. The molecule has 0 amide bonds. The highest BCUT2D eigenvalue weighted by atomic mass is 16.6. The van der Waals surface area contributed by atoms with Crippen molar-refractivity contribution in [2.75, 3.05) is 12.4 Å². The van der Waals surface area contributed by atoms with Crippen LogP contribution in [0.4, 0.5) is 11.6 Å². The normalized spacial score (nSPS) is 15.5. The molecule has 0 radical (unpaired) electrons. The first-order valence-corrected chi connectivity index (χ1v) is 9.84. The van der Waals surface area contributed by atoms with Crippen molar-refractivity contribution in [3.8, 4) is 5.75 Å². The third-order valence-electron chi connectivity index (χ3n) is 5.19. The zero-order chi connectivity index (χ0) is 21.7. The Morgan fingerprint density at radius 1 is 1.17 bits per heavy atom. The van der Waals surface area contributed by atoms with Crippen molar-refractivity contribution in [3.05, 3.63) is 53.3 Å². The molecule has 0 fully saturated rings. The lowest BCUT2D eigenvalue weighted by molar-refractivity contribution is -0.00714. The molecule has 3 aromatic rings. The minimum absolute atomic E-state index is 0.342. The van der Waals surface area contributed by atoms with E-state index in [1.807, 2.05) is 45.9 Å². The first-order chi connectivity index (χ1) is 14.1. The second-order valence-electron chi connectivity index (χ2n) is 8.79. The van der Waals surface area contributed by atoms with E-state index in [9.17, 15) is 4.79 Å². The molecule has 4 rings (SSSR count). The van der Waals surface area contributed by atoms with E-state index < -0.39 is 11.1 Å². The molecule has 0 spiro atoms. The predicted molar refractivity (Wildman–Crippen MR) is 116 cm³/mol. The second kappa shape index (κ2) is 6.95. The Balaban J connectivity index is 1.74. The molecule has 7 heteroatoms. The predicted octanol–water partition coefficient (Wildman–Crippen LogP) is 4.07. The summed E-state index contributed by atoms with van der Waals surface area (Å²) in [4.78, 5) is 21.4. The monoisotopic (exact) mass is 406 g/mol. The summed E-state index contributed by atoms with van der Waals surface area (Å²) in [7, 11) is 1.64. The van der Waals surface area contributed by atoms with Crippen molar-refractivity contribution in [1.29, 1.82) is 0 Å². The van der Waals surface area contributed by atoms with Crippen molar-refractivity contribution < 1.29 is 14.3 Å². The molecule has 0 saturated carbocycles. The number of aromatic nitrogens is 2. The Kier molecular flexibility index (Phi) is 4.66. The second-order valence-corrected chi connectivity index (χ2v) is 8.79. The largest absolute Gasteiger partial charge is 0.496 e. The van der Waals surface area contributed by atoms with Crippen LogP contribution in [0, 0.1) is 0 Å². The number of hydrogen-bond donors (Lipinski definition) is 2. The highest BCUT2D eigenvalue weighted by molar-refractivity contribution is 5.94. The summed E-state index contributed by atoms with van der Waals surface area (Å²) < 4.78 is 10.9. The number of methoxy groups -OCH3 is 1. The lowest BCUT2D eigenvalue weighted by Crippen LogP contribution is -2.36. The molecule has 0 atom stereocenters. The Hall–Kier alpha value is -3.19. The highest BCUT2D eigenvalue weighted by Gasteiger charge is 2.33. The molecule has 1 aliphatic rings. The number of nitrogens with zero attached hydrogens (tertiary/aromatic N) is 2. The number of carbonyl (C=O) groups is 1. The average molecular weight is 406 g/mol. The van der Waals surface area contributed by atoms with Gasteiger partial charge in [-0.2, -0.15) is 0 Å². The number of cyclic esters (lactones) is 1. The van der Waals surface area contributed by atoms with Gasteiger partial charge in [0.25, 0.3) is 0 Å². The number of anilines is 2. The molecular weight excluding hydrogens is 380 g/mol. The number of carbonyl (C=O) groups excluding carboxylic acids is 1. The third kappa shape index (κ3) is 3.68. The lowest BCUT2D eigenvalue weighted by atomic mass is 9.90. The fourth-order valence-corrected chi connectivity index (χ4v) is 3.79. The van der Waals surface area contributed by atoms with Gasteiger partial charge in [0.1, 0.15) is 23.0 Å². The van der Waals surface area contributed by atoms with Gasteiger partial charge in [-0.3, -0.25) is 0 Å². The van der Waals surface area contributed by atoms with Crippen LogP contribution < -0.4 is 15.8 Å². The minimum Gasteiger partial charge on any atom is -0.496 e. The van der Waals surface area contributed by atoms with Gasteiger partial charge in [-0.1, -0.05) is 6.07 Å². The van der Waals surface area contributed by atoms with E-state index in [0.29, 0.717) is 29.3 Å². The molecule has 0 aliphatic carbocycles. The molecular formula is C23H26N4O3. The van der Waals surface area contributed by atoms with Gasteiger partial charge in [-0.25, -0.2) is 14.8 Å². The van der Waals surface area contributed by atoms with Gasteiger partial charge in [0.15, 0.2) is 0 Å². The van der Waals surface area contributed by atoms with Crippen LogP contribution in [0.1, 0.15) is 49.3 Å². The fraction of sp³-hybridized carbons (Fsp3) is 0.348. The summed E-state index contributed by atoms with van der Waals surface area (Å²) >= 11 is 0. The molecule has 0 bridgehead atoms. The molecule has 3 heterocycles. The maximum atomic E-state index is 12.2. The van der Waals surface area contributed by atoms with E-state index in [0.717, 1.165) is 22.1 Å². The summed E-state index contributed by atoms with van der Waals surface area (Å²) in [6.45, 7) is 7.69. The van der Waals surface area contributed by atoms with Gasteiger partial charge < -0.3 is 20.5 Å². The number of esters is 1. The van der Waals surface area contributed by atoms with Crippen LogP contribution in [-0.4, -0.2) is 28.6 Å². The Morgan fingerprint density at radius 2 is 1.93 bits per heavy atom. The smallest absolute Gasteiger partial charge is 0.340 e. The molecule has 2 aromatic heterocycles. The molecule has 1 aromatic carbocycles. The Labute approximate surface area is 175 Å². The van der Waals surface area contributed by atoms with Crippen LogP contribution in [-0.2, 0) is 16.7 Å². The average Bonchev–Trinajstić information content (AvgIpc) is 2.64. The number of nitrogens with two attached hydrogens (primary N) is 1. The number of nitrogens with one attached hydrogen (secondary N) is 1. The molecule has 30 heavy (non-hydrogen) atoms. The third-order valence-corrected chi connectivity index (χ3v) is 5.19. The van der Waals surface area contributed by atoms with E-state index in [1.165, 1.54) is 0 Å². The maximum absolute atomic E-state index is 12.2. The molecule has 7 nitrogen and oxygen atoms in total. The molecule has 0 unspecified atom stereocenters. The molecule has 3 N–H and O–H groups in total. The van der Waals surface area contributed by atoms with Crippen molar-refractivity contribution in [2.24, 2.45) is 5.73 Å². The maximum Gasteiger partial charge on any atom is 0.340 e. The van der Waals surface area contributed by atoms with Gasteiger partial charge in [0.05, 0.1) is 18.4 Å².